The van der Waals surface area contributed by atoms with Gasteiger partial charge in [-0.05, 0) is 74.8 Å². The Kier molecular flexibility index (Phi) is 2.73. The fourth-order valence-electron chi connectivity index (χ4n) is 5.74. The van der Waals surface area contributed by atoms with Crippen molar-refractivity contribution < 1.29 is 0 Å². The van der Waals surface area contributed by atoms with Crippen LogP contribution in [0.4, 0.5) is 0 Å². The first-order valence-corrected chi connectivity index (χ1v) is 7.91. The Morgan fingerprint density at radius 1 is 1.16 bits per heavy atom. The van der Waals surface area contributed by atoms with Gasteiger partial charge in [-0.2, -0.15) is 5.10 Å². The Balaban J connectivity index is 1.66. The Hall–Kier alpha value is -0.830. The summed E-state index contributed by atoms with van der Waals surface area (Å²) < 4.78 is 2.06. The monoisotopic (exact) mass is 259 g/mol. The first-order chi connectivity index (χ1) is 9.26. The van der Waals surface area contributed by atoms with Crippen LogP contribution in [0.15, 0.2) is 12.3 Å². The number of aromatic nitrogens is 2. The van der Waals surface area contributed by atoms with Gasteiger partial charge in [0.15, 0.2) is 0 Å². The molecule has 4 aliphatic carbocycles. The molecule has 0 aliphatic heterocycles. The van der Waals surface area contributed by atoms with Crippen molar-refractivity contribution in [1.29, 1.82) is 0 Å². The van der Waals surface area contributed by atoms with E-state index < -0.39 is 0 Å². The molecule has 5 rings (SSSR count). The lowest BCUT2D eigenvalue weighted by molar-refractivity contribution is -0.0525. The summed E-state index contributed by atoms with van der Waals surface area (Å²) in [5, 5.41) is 7.99. The third-order valence-electron chi connectivity index (χ3n) is 6.17. The number of nitrogens with zero attached hydrogens (tertiary/aromatic N) is 2. The molecular weight excluding hydrogens is 234 g/mol. The third kappa shape index (κ3) is 1.78. The molecule has 3 nitrogen and oxygen atoms in total. The van der Waals surface area contributed by atoms with Gasteiger partial charge in [-0.3, -0.25) is 4.68 Å². The molecule has 1 aromatic rings. The summed E-state index contributed by atoms with van der Waals surface area (Å²) in [5.41, 5.74) is 1.37. The molecule has 3 heteroatoms. The van der Waals surface area contributed by atoms with Gasteiger partial charge in [0.2, 0.25) is 0 Å². The number of aryl methyl sites for hydroxylation is 1. The molecule has 0 aromatic carbocycles. The van der Waals surface area contributed by atoms with E-state index in [1.807, 2.05) is 6.20 Å². The van der Waals surface area contributed by atoms with Crippen molar-refractivity contribution in [2.45, 2.75) is 38.1 Å². The Bertz CT molecular complexity index is 436. The van der Waals surface area contributed by atoms with E-state index in [9.17, 15) is 0 Å². The number of nitrogens with one attached hydrogen (secondary N) is 1. The summed E-state index contributed by atoms with van der Waals surface area (Å²) in [7, 11) is 4.21. The minimum absolute atomic E-state index is 0.502. The molecule has 1 atom stereocenters. The number of rotatable bonds is 3. The summed E-state index contributed by atoms with van der Waals surface area (Å²) in [6.45, 7) is 0. The normalized spacial score (nSPS) is 41.7. The molecule has 0 saturated heterocycles. The fourth-order valence-corrected chi connectivity index (χ4v) is 5.74. The number of hydrogen-bond donors (Lipinski definition) is 1. The smallest absolute Gasteiger partial charge is 0.0553 e. The summed E-state index contributed by atoms with van der Waals surface area (Å²) in [4.78, 5) is 0. The molecule has 1 heterocycles. The van der Waals surface area contributed by atoms with Crippen LogP contribution in [0.1, 0.15) is 43.8 Å². The van der Waals surface area contributed by atoms with E-state index in [1.165, 1.54) is 37.8 Å². The number of hydrogen-bond acceptors (Lipinski definition) is 2. The lowest BCUT2D eigenvalue weighted by atomic mass is 9.50. The van der Waals surface area contributed by atoms with Crippen molar-refractivity contribution in [3.05, 3.63) is 18.0 Å². The Morgan fingerprint density at radius 2 is 1.79 bits per heavy atom. The molecular formula is C16H25N3. The van der Waals surface area contributed by atoms with E-state index in [0.29, 0.717) is 6.04 Å². The lowest BCUT2D eigenvalue weighted by Crippen LogP contribution is -2.49. The average Bonchev–Trinajstić information content (AvgIpc) is 2.79. The maximum atomic E-state index is 4.37. The second kappa shape index (κ2) is 4.34. The van der Waals surface area contributed by atoms with Crippen LogP contribution < -0.4 is 5.32 Å². The molecule has 1 unspecified atom stereocenters. The highest BCUT2D eigenvalue weighted by Gasteiger charge is 2.50. The second-order valence-electron chi connectivity index (χ2n) is 7.15. The van der Waals surface area contributed by atoms with Gasteiger partial charge >= 0.3 is 0 Å². The molecule has 0 spiro atoms. The van der Waals surface area contributed by atoms with Crippen LogP contribution in [-0.4, -0.2) is 16.8 Å². The van der Waals surface area contributed by atoms with E-state index >= 15 is 0 Å². The molecule has 1 N–H and O–H groups in total. The molecule has 1 aromatic heterocycles. The van der Waals surface area contributed by atoms with Crippen molar-refractivity contribution in [2.24, 2.45) is 36.6 Å². The van der Waals surface area contributed by atoms with Gasteiger partial charge < -0.3 is 5.32 Å². The molecule has 4 aliphatic rings. The lowest BCUT2D eigenvalue weighted by Gasteiger charge is -2.56. The Morgan fingerprint density at radius 3 is 2.26 bits per heavy atom. The van der Waals surface area contributed by atoms with E-state index in [4.69, 9.17) is 0 Å². The zero-order chi connectivity index (χ0) is 13.0. The minimum atomic E-state index is 0.502. The molecule has 4 fully saturated rings. The highest BCUT2D eigenvalue weighted by atomic mass is 15.3. The van der Waals surface area contributed by atoms with E-state index in [2.05, 4.69) is 35.3 Å². The summed E-state index contributed by atoms with van der Waals surface area (Å²) in [5.74, 6) is 4.88. The van der Waals surface area contributed by atoms with Gasteiger partial charge in [-0.25, -0.2) is 0 Å². The van der Waals surface area contributed by atoms with Crippen molar-refractivity contribution in [1.82, 2.24) is 15.1 Å². The second-order valence-corrected chi connectivity index (χ2v) is 7.15. The SMILES string of the molecule is CNC(c1ccnn1C)C1C2CC3CC(C2)CC1C3. The van der Waals surface area contributed by atoms with Crippen LogP contribution in [0.25, 0.3) is 0 Å². The van der Waals surface area contributed by atoms with E-state index in [-0.39, 0.29) is 0 Å². The summed E-state index contributed by atoms with van der Waals surface area (Å²) in [6, 6.07) is 2.70. The summed E-state index contributed by atoms with van der Waals surface area (Å²) in [6.07, 6.45) is 9.45. The summed E-state index contributed by atoms with van der Waals surface area (Å²) >= 11 is 0. The van der Waals surface area contributed by atoms with E-state index in [0.717, 1.165) is 29.6 Å². The minimum Gasteiger partial charge on any atom is -0.311 e. The fraction of sp³-hybridized carbons (Fsp3) is 0.812. The zero-order valence-corrected chi connectivity index (χ0v) is 12.0. The van der Waals surface area contributed by atoms with Gasteiger partial charge in [0.1, 0.15) is 0 Å². The van der Waals surface area contributed by atoms with E-state index in [1.54, 1.807) is 0 Å². The van der Waals surface area contributed by atoms with Crippen LogP contribution in [0, 0.1) is 29.6 Å². The van der Waals surface area contributed by atoms with Gasteiger partial charge in [-0.15, -0.1) is 0 Å². The quantitative estimate of drug-likeness (QED) is 0.904. The topological polar surface area (TPSA) is 29.9 Å². The van der Waals surface area contributed by atoms with Crippen LogP contribution in [0.2, 0.25) is 0 Å². The van der Waals surface area contributed by atoms with Crippen LogP contribution in [-0.2, 0) is 7.05 Å². The molecule has 19 heavy (non-hydrogen) atoms. The van der Waals surface area contributed by atoms with Crippen molar-refractivity contribution >= 4 is 0 Å². The van der Waals surface area contributed by atoms with Gasteiger partial charge in [0, 0.05) is 13.2 Å². The third-order valence-corrected chi connectivity index (χ3v) is 6.17. The van der Waals surface area contributed by atoms with Gasteiger partial charge in [-0.1, -0.05) is 0 Å². The van der Waals surface area contributed by atoms with Crippen LogP contribution in [0.3, 0.4) is 0 Å². The molecule has 104 valence electrons. The van der Waals surface area contributed by atoms with Crippen molar-refractivity contribution in [3.63, 3.8) is 0 Å². The first kappa shape index (κ1) is 12.0. The molecule has 4 bridgehead atoms. The molecule has 0 radical (unpaired) electrons. The van der Waals surface area contributed by atoms with Gasteiger partial charge in [0.25, 0.3) is 0 Å². The first-order valence-electron chi connectivity index (χ1n) is 7.91. The zero-order valence-electron chi connectivity index (χ0n) is 12.0. The predicted octanol–water partition coefficient (Wildman–Crippen LogP) is 2.75. The largest absolute Gasteiger partial charge is 0.311 e. The van der Waals surface area contributed by atoms with Crippen molar-refractivity contribution in [3.8, 4) is 0 Å². The standard InChI is InChI=1S/C16H25N3/c1-17-16(14-3-4-18-19(14)2)15-12-6-10-5-11(8-12)9-13(15)7-10/h3-4,10-13,15-17H,5-9H2,1-2H3. The maximum Gasteiger partial charge on any atom is 0.0553 e. The van der Waals surface area contributed by atoms with Crippen LogP contribution >= 0.6 is 0 Å². The average molecular weight is 259 g/mol. The predicted molar refractivity (Wildman–Crippen MR) is 75.5 cm³/mol. The highest BCUT2D eigenvalue weighted by molar-refractivity contribution is 5.12. The molecule has 4 saturated carbocycles. The maximum absolute atomic E-state index is 4.37. The van der Waals surface area contributed by atoms with Gasteiger partial charge in [0.05, 0.1) is 11.7 Å². The van der Waals surface area contributed by atoms with Crippen molar-refractivity contribution in [2.75, 3.05) is 7.05 Å². The molecule has 0 amide bonds. The Labute approximate surface area is 115 Å². The highest BCUT2D eigenvalue weighted by Crippen LogP contribution is 2.59. The van der Waals surface area contributed by atoms with Crippen LogP contribution in [0.5, 0.6) is 0 Å².